The smallest absolute Gasteiger partial charge is 0.407 e. The van der Waals surface area contributed by atoms with Crippen molar-refractivity contribution in [3.8, 4) is 0 Å². The summed E-state index contributed by atoms with van der Waals surface area (Å²) in [5, 5.41) is 14.2. The van der Waals surface area contributed by atoms with E-state index < -0.39 is 43.2 Å². The Morgan fingerprint density at radius 3 is 2.46 bits per heavy atom. The van der Waals surface area contributed by atoms with Gasteiger partial charge in [-0.15, -0.1) is 0 Å². The first-order chi connectivity index (χ1) is 11.9. The minimum atomic E-state index is -4.01. The Bertz CT molecular complexity index is 592. The average molecular weight is 394 g/mol. The maximum atomic E-state index is 12.8. The Labute approximate surface area is 152 Å². The molecular weight excluding hydrogens is 367 g/mol. The molecule has 1 heterocycles. The first kappa shape index (κ1) is 22.6. The second-order valence-corrected chi connectivity index (χ2v) is 8.77. The number of ether oxygens (including phenoxy) is 1. The number of aliphatic carboxylic acids is 1. The molecule has 0 spiro atoms. The summed E-state index contributed by atoms with van der Waals surface area (Å²) in [7, 11) is -2.77. The van der Waals surface area contributed by atoms with Crippen molar-refractivity contribution >= 4 is 25.6 Å². The van der Waals surface area contributed by atoms with E-state index in [0.717, 1.165) is 0 Å². The summed E-state index contributed by atoms with van der Waals surface area (Å²) in [6, 6.07) is -1.16. The van der Waals surface area contributed by atoms with Crippen molar-refractivity contribution in [2.24, 2.45) is 11.3 Å². The molecule has 1 aliphatic rings. The van der Waals surface area contributed by atoms with Gasteiger partial charge in [0.2, 0.25) is 5.91 Å². The highest BCUT2D eigenvalue weighted by atomic mass is 31.2. The molecule has 3 atom stereocenters. The lowest BCUT2D eigenvalue weighted by Crippen LogP contribution is -2.52. The normalized spacial score (nSPS) is 26.2. The highest BCUT2D eigenvalue weighted by Crippen LogP contribution is 2.53. The highest BCUT2D eigenvalue weighted by Gasteiger charge is 2.49. The summed E-state index contributed by atoms with van der Waals surface area (Å²) in [5.41, 5.74) is -0.804. The van der Waals surface area contributed by atoms with E-state index in [9.17, 15) is 24.1 Å². The van der Waals surface area contributed by atoms with Crippen LogP contribution < -0.4 is 10.4 Å². The van der Waals surface area contributed by atoms with Crippen molar-refractivity contribution in [2.75, 3.05) is 20.3 Å². The largest absolute Gasteiger partial charge is 0.480 e. The number of nitrogens with one attached hydrogen (secondary N) is 2. The van der Waals surface area contributed by atoms with Gasteiger partial charge < -0.3 is 15.2 Å². The molecule has 0 aromatic heterocycles. The number of carbonyl (C=O) groups is 3. The molecule has 11 heteroatoms. The van der Waals surface area contributed by atoms with E-state index in [1.807, 2.05) is 0 Å². The fraction of sp³-hybridized carbons (Fsp3) is 0.800. The van der Waals surface area contributed by atoms with Crippen LogP contribution in [0.1, 0.15) is 34.1 Å². The van der Waals surface area contributed by atoms with Gasteiger partial charge in [-0.1, -0.05) is 27.7 Å². The number of methoxy groups -OCH3 is 1. The van der Waals surface area contributed by atoms with Crippen LogP contribution in [-0.2, 0) is 32.7 Å². The molecule has 0 saturated carbocycles. The molecule has 1 saturated heterocycles. The summed E-state index contributed by atoms with van der Waals surface area (Å²) >= 11 is 0. The molecule has 0 aromatic rings. The second kappa shape index (κ2) is 8.94. The molecule has 1 amide bonds. The Morgan fingerprint density at radius 1 is 1.35 bits per heavy atom. The topological polar surface area (TPSA) is 140 Å². The summed E-state index contributed by atoms with van der Waals surface area (Å²) < 4.78 is 28.0. The summed E-state index contributed by atoms with van der Waals surface area (Å²) in [6.45, 7) is 6.63. The third kappa shape index (κ3) is 6.05. The molecule has 10 nitrogen and oxygen atoms in total. The molecule has 0 bridgehead atoms. The van der Waals surface area contributed by atoms with Crippen LogP contribution in [0.15, 0.2) is 0 Å². The van der Waals surface area contributed by atoms with E-state index in [-0.39, 0.29) is 25.5 Å². The first-order valence-electron chi connectivity index (χ1n) is 8.20. The monoisotopic (exact) mass is 394 g/mol. The van der Waals surface area contributed by atoms with Gasteiger partial charge in [-0.3, -0.25) is 23.4 Å². The molecule has 0 aliphatic carbocycles. The summed E-state index contributed by atoms with van der Waals surface area (Å²) in [5.74, 6) is -2.63. The average Bonchev–Trinajstić information content (AvgIpc) is 2.54. The number of carbonyl (C=O) groups excluding carboxylic acids is 2. The van der Waals surface area contributed by atoms with E-state index in [2.05, 4.69) is 15.1 Å². The van der Waals surface area contributed by atoms with Crippen molar-refractivity contribution in [1.29, 1.82) is 0 Å². The first-order valence-corrected chi connectivity index (χ1v) is 9.74. The number of hydrogen-bond donors (Lipinski definition) is 3. The Kier molecular flexibility index (Phi) is 7.76. The van der Waals surface area contributed by atoms with Gasteiger partial charge in [-0.2, -0.15) is 0 Å². The number of amides is 1. The molecule has 1 rings (SSSR count). The third-order valence-electron chi connectivity index (χ3n) is 3.88. The van der Waals surface area contributed by atoms with Crippen LogP contribution in [-0.4, -0.2) is 55.4 Å². The van der Waals surface area contributed by atoms with Crippen molar-refractivity contribution in [2.45, 2.75) is 46.3 Å². The molecule has 0 aromatic carbocycles. The summed E-state index contributed by atoms with van der Waals surface area (Å²) in [4.78, 5) is 34.8. The lowest BCUT2D eigenvalue weighted by Gasteiger charge is -2.41. The third-order valence-corrected chi connectivity index (χ3v) is 5.44. The second-order valence-electron chi connectivity index (χ2n) is 7.05. The zero-order valence-corrected chi connectivity index (χ0v) is 16.5. The lowest BCUT2D eigenvalue weighted by atomic mass is 9.87. The zero-order valence-electron chi connectivity index (χ0n) is 15.6. The van der Waals surface area contributed by atoms with Gasteiger partial charge in [0.15, 0.2) is 6.10 Å². The quantitative estimate of drug-likeness (QED) is 0.405. The van der Waals surface area contributed by atoms with E-state index in [1.54, 1.807) is 27.7 Å². The fourth-order valence-corrected chi connectivity index (χ4v) is 4.36. The Hall–Kier alpha value is -1.48. The van der Waals surface area contributed by atoms with Gasteiger partial charge in [-0.05, 0) is 5.92 Å². The number of carboxylic acids is 1. The molecule has 0 radical (unpaired) electrons. The van der Waals surface area contributed by atoms with Crippen LogP contribution in [0, 0.1) is 11.3 Å². The van der Waals surface area contributed by atoms with Crippen molar-refractivity contribution in [3.63, 3.8) is 0 Å². The minimum absolute atomic E-state index is 0.0176. The van der Waals surface area contributed by atoms with E-state index in [1.165, 1.54) is 7.11 Å². The minimum Gasteiger partial charge on any atom is -0.480 e. The Balaban J connectivity index is 2.83. The number of hydrogen-bond acceptors (Lipinski definition) is 7. The van der Waals surface area contributed by atoms with E-state index >= 15 is 0 Å². The molecule has 1 fully saturated rings. The standard InChI is InChI=1S/C15H27N2O8P/c1-9(2)11(14(20)21)17-26(22)24-8-15(3,4)12(25-26)13(19)16-7-6-10(18)23-5/h9,11-12H,6-8H2,1-5H3,(H,16,19)(H,17,22)(H,20,21)/t11?,12-,26-/m0/s1. The Morgan fingerprint density at radius 2 is 1.96 bits per heavy atom. The van der Waals surface area contributed by atoms with Gasteiger partial charge in [0, 0.05) is 12.0 Å². The van der Waals surface area contributed by atoms with Crippen LogP contribution >= 0.6 is 7.75 Å². The van der Waals surface area contributed by atoms with Crippen molar-refractivity contribution in [3.05, 3.63) is 0 Å². The van der Waals surface area contributed by atoms with Gasteiger partial charge in [-0.25, -0.2) is 9.65 Å². The number of carboxylic acid groups (broad SMARTS) is 1. The van der Waals surface area contributed by atoms with E-state index in [4.69, 9.17) is 9.05 Å². The maximum Gasteiger partial charge on any atom is 0.407 e. The molecule has 26 heavy (non-hydrogen) atoms. The van der Waals surface area contributed by atoms with Crippen molar-refractivity contribution in [1.82, 2.24) is 10.4 Å². The molecule has 1 unspecified atom stereocenters. The molecule has 1 aliphatic heterocycles. The molecular formula is C15H27N2O8P. The van der Waals surface area contributed by atoms with Gasteiger partial charge >= 0.3 is 19.7 Å². The molecule has 150 valence electrons. The predicted octanol–water partition coefficient (Wildman–Crippen LogP) is 0.914. The fourth-order valence-electron chi connectivity index (χ4n) is 2.25. The van der Waals surface area contributed by atoms with Gasteiger partial charge in [0.05, 0.1) is 20.1 Å². The lowest BCUT2D eigenvalue weighted by molar-refractivity contribution is -0.141. The van der Waals surface area contributed by atoms with Gasteiger partial charge in [0.1, 0.15) is 6.04 Å². The van der Waals surface area contributed by atoms with Crippen LogP contribution in [0.25, 0.3) is 0 Å². The van der Waals surface area contributed by atoms with E-state index in [0.29, 0.717) is 0 Å². The predicted molar refractivity (Wildman–Crippen MR) is 91.3 cm³/mol. The highest BCUT2D eigenvalue weighted by molar-refractivity contribution is 7.51. The summed E-state index contributed by atoms with van der Waals surface area (Å²) in [6.07, 6.45) is -1.16. The van der Waals surface area contributed by atoms with Crippen LogP contribution in [0.2, 0.25) is 0 Å². The van der Waals surface area contributed by atoms with Crippen LogP contribution in [0.4, 0.5) is 0 Å². The molecule has 3 N–H and O–H groups in total. The van der Waals surface area contributed by atoms with Crippen molar-refractivity contribution < 1.29 is 37.8 Å². The van der Waals surface area contributed by atoms with Crippen LogP contribution in [0.3, 0.4) is 0 Å². The maximum absolute atomic E-state index is 12.8. The SMILES string of the molecule is COC(=O)CCNC(=O)[C@@H]1O[P@](=O)(NC(C(=O)O)C(C)C)OCC1(C)C. The zero-order chi connectivity index (χ0) is 20.1. The van der Waals surface area contributed by atoms with Crippen LogP contribution in [0.5, 0.6) is 0 Å². The number of rotatable bonds is 8. The number of esters is 1. The van der Waals surface area contributed by atoms with Gasteiger partial charge in [0.25, 0.3) is 0 Å².